The molecule has 1 fully saturated rings. The van der Waals surface area contributed by atoms with Crippen LogP contribution in [0.4, 0.5) is 5.69 Å². The highest BCUT2D eigenvalue weighted by molar-refractivity contribution is 6.31. The number of rotatable bonds is 8. The van der Waals surface area contributed by atoms with Crippen molar-refractivity contribution in [1.82, 2.24) is 14.5 Å². The van der Waals surface area contributed by atoms with Crippen molar-refractivity contribution in [2.24, 2.45) is 0 Å². The van der Waals surface area contributed by atoms with E-state index < -0.39 is 0 Å². The molecule has 0 unspecified atom stereocenters. The van der Waals surface area contributed by atoms with E-state index in [1.54, 1.807) is 18.5 Å². The zero-order chi connectivity index (χ0) is 20.4. The fourth-order valence-electron chi connectivity index (χ4n) is 3.60. The molecule has 0 spiro atoms. The number of aromatic hydroxyl groups is 1. The first-order valence-electron chi connectivity index (χ1n) is 9.92. The third-order valence-corrected chi connectivity index (χ3v) is 5.49. The van der Waals surface area contributed by atoms with Crippen LogP contribution in [0.1, 0.15) is 31.0 Å². The first-order chi connectivity index (χ1) is 14.0. The Labute approximate surface area is 174 Å². The number of fused-ring (bicyclic) bond motifs is 1. The number of pyridine rings is 2. The third-order valence-electron chi connectivity index (χ3n) is 5.25. The summed E-state index contributed by atoms with van der Waals surface area (Å²) >= 11 is 6.05. The van der Waals surface area contributed by atoms with E-state index in [1.807, 2.05) is 24.3 Å². The van der Waals surface area contributed by atoms with Crippen molar-refractivity contribution in [3.8, 4) is 5.75 Å². The van der Waals surface area contributed by atoms with Crippen LogP contribution in [0.5, 0.6) is 5.75 Å². The van der Waals surface area contributed by atoms with Crippen LogP contribution >= 0.6 is 11.6 Å². The maximum atomic E-state index is 11.9. The second-order valence-corrected chi connectivity index (χ2v) is 8.13. The molecule has 0 saturated heterocycles. The number of benzene rings is 1. The van der Waals surface area contributed by atoms with Crippen molar-refractivity contribution in [2.75, 3.05) is 25.5 Å². The molecule has 4 rings (SSSR count). The molecule has 29 heavy (non-hydrogen) atoms. The van der Waals surface area contributed by atoms with Gasteiger partial charge in [-0.15, -0.1) is 0 Å². The van der Waals surface area contributed by atoms with Gasteiger partial charge in [0.05, 0.1) is 11.7 Å². The molecule has 2 aromatic heterocycles. The Balaban J connectivity index is 1.33. The summed E-state index contributed by atoms with van der Waals surface area (Å²) in [5.41, 5.74) is 2.58. The largest absolute Gasteiger partial charge is 0.503 e. The van der Waals surface area contributed by atoms with Crippen molar-refractivity contribution < 1.29 is 5.11 Å². The zero-order valence-electron chi connectivity index (χ0n) is 16.4. The van der Waals surface area contributed by atoms with E-state index in [9.17, 15) is 9.90 Å². The SMILES string of the molecule is CN(CCCNc1ccnc2cc(Cl)ccc12)Cc1cc(=O)c(O)cn1C1CC1. The fourth-order valence-corrected chi connectivity index (χ4v) is 3.77. The number of halogens is 1. The van der Waals surface area contributed by atoms with Gasteiger partial charge in [-0.05, 0) is 57.1 Å². The third kappa shape index (κ3) is 4.71. The minimum absolute atomic E-state index is 0.168. The van der Waals surface area contributed by atoms with Gasteiger partial charge < -0.3 is 19.9 Å². The summed E-state index contributed by atoms with van der Waals surface area (Å²) in [5.74, 6) is -0.168. The van der Waals surface area contributed by atoms with E-state index >= 15 is 0 Å². The summed E-state index contributed by atoms with van der Waals surface area (Å²) < 4.78 is 2.06. The van der Waals surface area contributed by atoms with Crippen LogP contribution < -0.4 is 10.7 Å². The summed E-state index contributed by atoms with van der Waals surface area (Å²) in [7, 11) is 2.05. The predicted molar refractivity (Wildman–Crippen MR) is 117 cm³/mol. The zero-order valence-corrected chi connectivity index (χ0v) is 17.2. The van der Waals surface area contributed by atoms with Gasteiger partial charge in [-0.3, -0.25) is 9.78 Å². The summed E-state index contributed by atoms with van der Waals surface area (Å²) in [6, 6.07) is 9.69. The second-order valence-electron chi connectivity index (χ2n) is 7.69. The normalized spacial score (nSPS) is 13.9. The Morgan fingerprint density at radius 3 is 2.93 bits per heavy atom. The van der Waals surface area contributed by atoms with Gasteiger partial charge in [-0.25, -0.2) is 0 Å². The number of nitrogens with one attached hydrogen (secondary N) is 1. The highest BCUT2D eigenvalue weighted by atomic mass is 35.5. The van der Waals surface area contributed by atoms with Crippen LogP contribution in [0.15, 0.2) is 47.5 Å². The molecule has 2 N–H and O–H groups in total. The molecule has 1 saturated carbocycles. The maximum Gasteiger partial charge on any atom is 0.223 e. The van der Waals surface area contributed by atoms with Gasteiger partial charge in [0.2, 0.25) is 5.43 Å². The Morgan fingerprint density at radius 1 is 1.31 bits per heavy atom. The van der Waals surface area contributed by atoms with E-state index in [4.69, 9.17) is 11.6 Å². The molecular formula is C22H25ClN4O2. The van der Waals surface area contributed by atoms with Gasteiger partial charge in [0, 0.05) is 53.2 Å². The van der Waals surface area contributed by atoms with Crippen molar-refractivity contribution in [3.05, 3.63) is 63.7 Å². The van der Waals surface area contributed by atoms with E-state index in [0.29, 0.717) is 17.6 Å². The molecule has 2 heterocycles. The quantitative estimate of drug-likeness (QED) is 0.547. The van der Waals surface area contributed by atoms with E-state index in [0.717, 1.165) is 54.6 Å². The molecular weight excluding hydrogens is 388 g/mol. The average molecular weight is 413 g/mol. The Morgan fingerprint density at radius 2 is 2.14 bits per heavy atom. The van der Waals surface area contributed by atoms with Crippen LogP contribution in [-0.2, 0) is 6.54 Å². The molecule has 1 aromatic carbocycles. The lowest BCUT2D eigenvalue weighted by atomic mass is 10.2. The number of aromatic nitrogens is 2. The van der Waals surface area contributed by atoms with Crippen LogP contribution in [-0.4, -0.2) is 39.7 Å². The number of nitrogens with zero attached hydrogens (tertiary/aromatic N) is 3. The number of anilines is 1. The molecule has 1 aliphatic carbocycles. The standard InChI is InChI=1S/C22H25ClN4O2/c1-26(13-17-12-21(28)22(29)14-27(17)16-4-5-16)10-2-8-24-19-7-9-25-20-11-15(23)3-6-18(19)20/h3,6-7,9,11-12,14,16,29H,2,4-5,8,10,13H2,1H3,(H,24,25). The summed E-state index contributed by atoms with van der Waals surface area (Å²) in [5, 5.41) is 15.0. The minimum atomic E-state index is -0.309. The molecule has 0 bridgehead atoms. The van der Waals surface area contributed by atoms with Gasteiger partial charge in [0.15, 0.2) is 5.75 Å². The molecule has 6 nitrogen and oxygen atoms in total. The Kier molecular flexibility index (Phi) is 5.74. The molecule has 7 heteroatoms. The highest BCUT2D eigenvalue weighted by Crippen LogP contribution is 2.36. The van der Waals surface area contributed by atoms with Crippen LogP contribution in [0.25, 0.3) is 10.9 Å². The number of hydrogen-bond donors (Lipinski definition) is 2. The van der Waals surface area contributed by atoms with E-state index in [2.05, 4.69) is 26.8 Å². The van der Waals surface area contributed by atoms with Crippen molar-refractivity contribution >= 4 is 28.2 Å². The highest BCUT2D eigenvalue weighted by Gasteiger charge is 2.25. The van der Waals surface area contributed by atoms with Crippen molar-refractivity contribution in [3.63, 3.8) is 0 Å². The van der Waals surface area contributed by atoms with Gasteiger partial charge in [-0.2, -0.15) is 0 Å². The molecule has 1 aliphatic rings. The topological polar surface area (TPSA) is 70.4 Å². The molecule has 3 aromatic rings. The molecule has 0 amide bonds. The van der Waals surface area contributed by atoms with Crippen molar-refractivity contribution in [1.29, 1.82) is 0 Å². The van der Waals surface area contributed by atoms with Crippen LogP contribution in [0, 0.1) is 0 Å². The lowest BCUT2D eigenvalue weighted by Gasteiger charge is -2.20. The smallest absolute Gasteiger partial charge is 0.223 e. The lowest BCUT2D eigenvalue weighted by Crippen LogP contribution is -2.24. The first kappa shape index (κ1) is 19.7. The van der Waals surface area contributed by atoms with Gasteiger partial charge in [0.1, 0.15) is 0 Å². The first-order valence-corrected chi connectivity index (χ1v) is 10.3. The number of hydrogen-bond acceptors (Lipinski definition) is 5. The van der Waals surface area contributed by atoms with Crippen LogP contribution in [0.2, 0.25) is 5.02 Å². The molecule has 0 atom stereocenters. The van der Waals surface area contributed by atoms with Gasteiger partial charge in [0.25, 0.3) is 0 Å². The van der Waals surface area contributed by atoms with Crippen LogP contribution in [0.3, 0.4) is 0 Å². The Bertz CT molecular complexity index is 1080. The average Bonchev–Trinajstić information content (AvgIpc) is 3.53. The Hall–Kier alpha value is -2.57. The van der Waals surface area contributed by atoms with Gasteiger partial charge >= 0.3 is 0 Å². The maximum absolute atomic E-state index is 11.9. The summed E-state index contributed by atoms with van der Waals surface area (Å²) in [6.07, 6.45) is 6.54. The van der Waals surface area contributed by atoms with E-state index in [1.165, 1.54) is 0 Å². The van der Waals surface area contributed by atoms with Gasteiger partial charge in [-0.1, -0.05) is 11.6 Å². The lowest BCUT2D eigenvalue weighted by molar-refractivity contribution is 0.314. The molecule has 152 valence electrons. The monoisotopic (exact) mass is 412 g/mol. The summed E-state index contributed by atoms with van der Waals surface area (Å²) in [4.78, 5) is 18.4. The summed E-state index contributed by atoms with van der Waals surface area (Å²) in [6.45, 7) is 2.40. The fraction of sp³-hybridized carbons (Fsp3) is 0.364. The molecule has 0 aliphatic heterocycles. The minimum Gasteiger partial charge on any atom is -0.503 e. The van der Waals surface area contributed by atoms with Crippen molar-refractivity contribution in [2.45, 2.75) is 31.8 Å². The second kappa shape index (κ2) is 8.43. The molecule has 0 radical (unpaired) electrons. The predicted octanol–water partition coefficient (Wildman–Crippen LogP) is 4.02. The van der Waals surface area contributed by atoms with E-state index in [-0.39, 0.29) is 11.2 Å².